The highest BCUT2D eigenvalue weighted by Gasteiger charge is 2.18. The molecule has 0 bridgehead atoms. The van der Waals surface area contributed by atoms with Crippen molar-refractivity contribution in [1.82, 2.24) is 0 Å². The van der Waals surface area contributed by atoms with Gasteiger partial charge in [0, 0.05) is 6.42 Å². The molecule has 0 unspecified atom stereocenters. The SMILES string of the molecule is CC/C(Cc1ccc(OC)c(OC2CCCC2)c1)=N/O. The maximum absolute atomic E-state index is 8.92. The van der Waals surface area contributed by atoms with Gasteiger partial charge < -0.3 is 14.7 Å². The van der Waals surface area contributed by atoms with Gasteiger partial charge in [-0.15, -0.1) is 0 Å². The zero-order chi connectivity index (χ0) is 14.4. The van der Waals surface area contributed by atoms with Gasteiger partial charge in [0.2, 0.25) is 0 Å². The summed E-state index contributed by atoms with van der Waals surface area (Å²) >= 11 is 0. The molecule has 0 spiro atoms. The third kappa shape index (κ3) is 3.65. The number of ether oxygens (including phenoxy) is 2. The van der Waals surface area contributed by atoms with Crippen LogP contribution in [-0.2, 0) is 6.42 Å². The topological polar surface area (TPSA) is 51.0 Å². The first kappa shape index (κ1) is 14.7. The maximum Gasteiger partial charge on any atom is 0.161 e. The van der Waals surface area contributed by atoms with Crippen molar-refractivity contribution in [1.29, 1.82) is 0 Å². The van der Waals surface area contributed by atoms with Crippen LogP contribution in [0.1, 0.15) is 44.6 Å². The van der Waals surface area contributed by atoms with Gasteiger partial charge in [-0.05, 0) is 49.8 Å². The molecule has 20 heavy (non-hydrogen) atoms. The van der Waals surface area contributed by atoms with Crippen molar-refractivity contribution >= 4 is 5.71 Å². The Balaban J connectivity index is 2.14. The number of oxime groups is 1. The summed E-state index contributed by atoms with van der Waals surface area (Å²) in [6.45, 7) is 1.98. The Kier molecular flexibility index (Phi) is 5.27. The van der Waals surface area contributed by atoms with E-state index in [1.165, 1.54) is 12.8 Å². The van der Waals surface area contributed by atoms with Gasteiger partial charge in [-0.2, -0.15) is 0 Å². The average molecular weight is 277 g/mol. The monoisotopic (exact) mass is 277 g/mol. The van der Waals surface area contributed by atoms with Crippen LogP contribution in [0, 0.1) is 0 Å². The normalized spacial score (nSPS) is 16.4. The van der Waals surface area contributed by atoms with E-state index in [1.807, 2.05) is 25.1 Å². The Labute approximate surface area is 120 Å². The first-order valence-corrected chi connectivity index (χ1v) is 7.30. The summed E-state index contributed by atoms with van der Waals surface area (Å²) in [7, 11) is 1.66. The molecule has 4 heteroatoms. The van der Waals surface area contributed by atoms with Crippen LogP contribution < -0.4 is 9.47 Å². The summed E-state index contributed by atoms with van der Waals surface area (Å²) in [6, 6.07) is 5.91. The van der Waals surface area contributed by atoms with Crippen LogP contribution in [0.2, 0.25) is 0 Å². The molecular weight excluding hydrogens is 254 g/mol. The fourth-order valence-electron chi connectivity index (χ4n) is 2.58. The van der Waals surface area contributed by atoms with Crippen molar-refractivity contribution in [3.05, 3.63) is 23.8 Å². The van der Waals surface area contributed by atoms with Crippen LogP contribution in [0.25, 0.3) is 0 Å². The van der Waals surface area contributed by atoms with Crippen LogP contribution in [0.4, 0.5) is 0 Å². The molecule has 0 saturated heterocycles. The second kappa shape index (κ2) is 7.17. The number of nitrogens with zero attached hydrogens (tertiary/aromatic N) is 1. The molecule has 4 nitrogen and oxygen atoms in total. The van der Waals surface area contributed by atoms with Gasteiger partial charge in [-0.3, -0.25) is 0 Å². The maximum atomic E-state index is 8.92. The van der Waals surface area contributed by atoms with Crippen LogP contribution >= 0.6 is 0 Å². The van der Waals surface area contributed by atoms with Crippen LogP contribution in [0.3, 0.4) is 0 Å². The minimum absolute atomic E-state index is 0.302. The number of benzene rings is 1. The smallest absolute Gasteiger partial charge is 0.161 e. The molecule has 2 rings (SSSR count). The van der Waals surface area contributed by atoms with E-state index in [2.05, 4.69) is 5.16 Å². The molecule has 1 N–H and O–H groups in total. The lowest BCUT2D eigenvalue weighted by Crippen LogP contribution is -2.12. The lowest BCUT2D eigenvalue weighted by atomic mass is 10.1. The summed E-state index contributed by atoms with van der Waals surface area (Å²) in [5, 5.41) is 12.2. The summed E-state index contributed by atoms with van der Waals surface area (Å²) in [4.78, 5) is 0. The van der Waals surface area contributed by atoms with Crippen LogP contribution in [0.15, 0.2) is 23.4 Å². The standard InChI is InChI=1S/C16H23NO3/c1-3-13(17-18)10-12-8-9-15(19-2)16(11-12)20-14-6-4-5-7-14/h8-9,11,14,18H,3-7,10H2,1-2H3/b17-13-. The zero-order valence-corrected chi connectivity index (χ0v) is 12.3. The third-order valence-electron chi connectivity index (χ3n) is 3.78. The van der Waals surface area contributed by atoms with Gasteiger partial charge >= 0.3 is 0 Å². The highest BCUT2D eigenvalue weighted by atomic mass is 16.5. The van der Waals surface area contributed by atoms with Crippen LogP contribution in [0.5, 0.6) is 11.5 Å². The molecule has 0 amide bonds. The van der Waals surface area contributed by atoms with Crippen molar-refractivity contribution in [3.63, 3.8) is 0 Å². The van der Waals surface area contributed by atoms with E-state index in [9.17, 15) is 0 Å². The number of hydrogen-bond acceptors (Lipinski definition) is 4. The Morgan fingerprint density at radius 3 is 2.65 bits per heavy atom. The molecule has 1 fully saturated rings. The van der Waals surface area contributed by atoms with E-state index in [1.54, 1.807) is 7.11 Å². The fourth-order valence-corrected chi connectivity index (χ4v) is 2.58. The molecule has 1 aromatic rings. The van der Waals surface area contributed by atoms with Crippen molar-refractivity contribution < 1.29 is 14.7 Å². The Morgan fingerprint density at radius 1 is 1.30 bits per heavy atom. The van der Waals surface area contributed by atoms with Crippen molar-refractivity contribution in [2.24, 2.45) is 5.16 Å². The van der Waals surface area contributed by atoms with Crippen molar-refractivity contribution in [2.75, 3.05) is 7.11 Å². The quantitative estimate of drug-likeness (QED) is 0.489. The van der Waals surface area contributed by atoms with Gasteiger partial charge in [-0.1, -0.05) is 18.1 Å². The Hall–Kier alpha value is -1.71. The van der Waals surface area contributed by atoms with E-state index in [0.717, 1.165) is 42.0 Å². The number of hydrogen-bond donors (Lipinski definition) is 1. The molecule has 110 valence electrons. The molecule has 0 atom stereocenters. The molecular formula is C16H23NO3. The van der Waals surface area contributed by atoms with Crippen LogP contribution in [-0.4, -0.2) is 24.1 Å². The first-order valence-electron chi connectivity index (χ1n) is 7.30. The molecule has 1 saturated carbocycles. The third-order valence-corrected chi connectivity index (χ3v) is 3.78. The van der Waals surface area contributed by atoms with Gasteiger partial charge in [0.1, 0.15) is 0 Å². The largest absolute Gasteiger partial charge is 0.493 e. The summed E-state index contributed by atoms with van der Waals surface area (Å²) in [5.74, 6) is 1.56. The minimum Gasteiger partial charge on any atom is -0.493 e. The average Bonchev–Trinajstić information content (AvgIpc) is 2.98. The van der Waals surface area contributed by atoms with Gasteiger partial charge in [0.15, 0.2) is 11.5 Å². The molecule has 0 heterocycles. The fraction of sp³-hybridized carbons (Fsp3) is 0.562. The summed E-state index contributed by atoms with van der Waals surface area (Å²) in [6.07, 6.45) is 6.39. The number of methoxy groups -OCH3 is 1. The summed E-state index contributed by atoms with van der Waals surface area (Å²) < 4.78 is 11.4. The van der Waals surface area contributed by atoms with Crippen molar-refractivity contribution in [3.8, 4) is 11.5 Å². The first-order chi connectivity index (χ1) is 9.76. The van der Waals surface area contributed by atoms with E-state index >= 15 is 0 Å². The van der Waals surface area contributed by atoms with Gasteiger partial charge in [0.05, 0.1) is 18.9 Å². The number of rotatable bonds is 6. The minimum atomic E-state index is 0.302. The lowest BCUT2D eigenvalue weighted by Gasteiger charge is -2.17. The predicted octanol–water partition coefficient (Wildman–Crippen LogP) is 3.80. The summed E-state index contributed by atoms with van der Waals surface area (Å²) in [5.41, 5.74) is 1.84. The molecule has 1 aromatic carbocycles. The molecule has 1 aliphatic rings. The molecule has 1 aliphatic carbocycles. The second-order valence-corrected chi connectivity index (χ2v) is 5.21. The highest BCUT2D eigenvalue weighted by Crippen LogP contribution is 2.32. The predicted molar refractivity (Wildman–Crippen MR) is 79.1 cm³/mol. The molecule has 0 aliphatic heterocycles. The molecule has 0 radical (unpaired) electrons. The Bertz CT molecular complexity index is 465. The van der Waals surface area contributed by atoms with E-state index in [-0.39, 0.29) is 0 Å². The van der Waals surface area contributed by atoms with E-state index in [4.69, 9.17) is 14.7 Å². The molecule has 0 aromatic heterocycles. The highest BCUT2D eigenvalue weighted by molar-refractivity contribution is 5.85. The van der Waals surface area contributed by atoms with Gasteiger partial charge in [-0.25, -0.2) is 0 Å². The van der Waals surface area contributed by atoms with E-state index < -0.39 is 0 Å². The zero-order valence-electron chi connectivity index (χ0n) is 12.3. The Morgan fingerprint density at radius 2 is 2.05 bits per heavy atom. The van der Waals surface area contributed by atoms with Crippen molar-refractivity contribution in [2.45, 2.75) is 51.6 Å². The van der Waals surface area contributed by atoms with Gasteiger partial charge in [0.25, 0.3) is 0 Å². The van der Waals surface area contributed by atoms with E-state index in [0.29, 0.717) is 12.5 Å². The second-order valence-electron chi connectivity index (χ2n) is 5.21. The lowest BCUT2D eigenvalue weighted by molar-refractivity contribution is 0.200.